The van der Waals surface area contributed by atoms with E-state index in [2.05, 4.69) is 10.3 Å². The SMILES string of the molecule is Cc1ccc(C[C@H](NC(=O)c2ccc3ccccc3n2)C(=O)O)cc1C. The van der Waals surface area contributed by atoms with Gasteiger partial charge in [0.05, 0.1) is 5.52 Å². The lowest BCUT2D eigenvalue weighted by molar-refractivity contribution is -0.139. The van der Waals surface area contributed by atoms with Crippen molar-refractivity contribution in [3.05, 3.63) is 77.0 Å². The third kappa shape index (κ3) is 3.88. The summed E-state index contributed by atoms with van der Waals surface area (Å²) in [5, 5.41) is 13.0. The normalized spacial score (nSPS) is 11.9. The highest BCUT2D eigenvalue weighted by molar-refractivity contribution is 5.97. The van der Waals surface area contributed by atoms with Crippen LogP contribution in [0.1, 0.15) is 27.2 Å². The lowest BCUT2D eigenvalue weighted by Gasteiger charge is -2.15. The molecule has 5 nitrogen and oxygen atoms in total. The molecule has 0 spiro atoms. The molecule has 3 rings (SSSR count). The van der Waals surface area contributed by atoms with Crippen LogP contribution in [0, 0.1) is 13.8 Å². The second kappa shape index (κ2) is 7.35. The first kappa shape index (κ1) is 17.6. The number of carboxylic acids is 1. The summed E-state index contributed by atoms with van der Waals surface area (Å²) in [6.45, 7) is 3.98. The minimum atomic E-state index is -1.07. The van der Waals surface area contributed by atoms with Crippen LogP contribution in [-0.2, 0) is 11.2 Å². The minimum Gasteiger partial charge on any atom is -0.480 e. The van der Waals surface area contributed by atoms with Gasteiger partial charge in [0.25, 0.3) is 5.91 Å². The van der Waals surface area contributed by atoms with Gasteiger partial charge in [0, 0.05) is 11.8 Å². The van der Waals surface area contributed by atoms with E-state index in [4.69, 9.17) is 0 Å². The number of nitrogens with zero attached hydrogens (tertiary/aromatic N) is 1. The van der Waals surface area contributed by atoms with Gasteiger partial charge in [-0.3, -0.25) is 4.79 Å². The maximum Gasteiger partial charge on any atom is 0.326 e. The van der Waals surface area contributed by atoms with Crippen LogP contribution in [0.25, 0.3) is 10.9 Å². The number of hydrogen-bond acceptors (Lipinski definition) is 3. The van der Waals surface area contributed by atoms with Gasteiger partial charge in [-0.15, -0.1) is 0 Å². The first-order valence-electron chi connectivity index (χ1n) is 8.39. The summed E-state index contributed by atoms with van der Waals surface area (Å²) in [5.74, 6) is -1.57. The number of carbonyl (C=O) groups is 2. The number of fused-ring (bicyclic) bond motifs is 1. The number of aryl methyl sites for hydroxylation is 2. The summed E-state index contributed by atoms with van der Waals surface area (Å²) in [7, 11) is 0. The first-order valence-corrected chi connectivity index (χ1v) is 8.39. The van der Waals surface area contributed by atoms with E-state index in [1.807, 2.05) is 56.3 Å². The van der Waals surface area contributed by atoms with Crippen LogP contribution in [-0.4, -0.2) is 28.0 Å². The van der Waals surface area contributed by atoms with Gasteiger partial charge >= 0.3 is 5.97 Å². The molecule has 0 fully saturated rings. The van der Waals surface area contributed by atoms with Crippen molar-refractivity contribution >= 4 is 22.8 Å². The average molecular weight is 348 g/mol. The summed E-state index contributed by atoms with van der Waals surface area (Å²) in [6.07, 6.45) is 0.218. The number of aromatic nitrogens is 1. The fourth-order valence-corrected chi connectivity index (χ4v) is 2.79. The van der Waals surface area contributed by atoms with Crippen LogP contribution in [0.2, 0.25) is 0 Å². The first-order chi connectivity index (χ1) is 12.4. The minimum absolute atomic E-state index is 0.204. The highest BCUT2D eigenvalue weighted by atomic mass is 16.4. The number of hydrogen-bond donors (Lipinski definition) is 2. The third-order valence-corrected chi connectivity index (χ3v) is 4.45. The molecule has 2 N–H and O–H groups in total. The zero-order valence-corrected chi connectivity index (χ0v) is 14.7. The van der Waals surface area contributed by atoms with Gasteiger partial charge in [-0.2, -0.15) is 0 Å². The molecular weight excluding hydrogens is 328 g/mol. The Bertz CT molecular complexity index is 982. The number of amides is 1. The number of rotatable bonds is 5. The van der Waals surface area contributed by atoms with Crippen molar-refractivity contribution in [3.8, 4) is 0 Å². The lowest BCUT2D eigenvalue weighted by atomic mass is 10.0. The van der Waals surface area contributed by atoms with Crippen LogP contribution < -0.4 is 5.32 Å². The van der Waals surface area contributed by atoms with E-state index >= 15 is 0 Å². The fourth-order valence-electron chi connectivity index (χ4n) is 2.79. The predicted octanol–water partition coefficient (Wildman–Crippen LogP) is 3.28. The van der Waals surface area contributed by atoms with Crippen LogP contribution in [0.3, 0.4) is 0 Å². The summed E-state index contributed by atoms with van der Waals surface area (Å²) < 4.78 is 0. The number of carbonyl (C=O) groups excluding carboxylic acids is 1. The van der Waals surface area contributed by atoms with Crippen LogP contribution in [0.4, 0.5) is 0 Å². The highest BCUT2D eigenvalue weighted by Crippen LogP contribution is 2.14. The van der Waals surface area contributed by atoms with Crippen molar-refractivity contribution < 1.29 is 14.7 Å². The number of benzene rings is 2. The molecule has 1 heterocycles. The van der Waals surface area contributed by atoms with Gasteiger partial charge in [0.2, 0.25) is 0 Å². The smallest absolute Gasteiger partial charge is 0.326 e. The van der Waals surface area contributed by atoms with Gasteiger partial charge in [0.1, 0.15) is 11.7 Å². The van der Waals surface area contributed by atoms with Crippen LogP contribution in [0.15, 0.2) is 54.6 Å². The molecule has 0 aliphatic heterocycles. The zero-order chi connectivity index (χ0) is 18.7. The van der Waals surface area contributed by atoms with Crippen molar-refractivity contribution in [2.75, 3.05) is 0 Å². The maximum absolute atomic E-state index is 12.5. The molecule has 0 saturated heterocycles. The molecule has 3 aromatic rings. The highest BCUT2D eigenvalue weighted by Gasteiger charge is 2.22. The summed E-state index contributed by atoms with van der Waals surface area (Å²) in [4.78, 5) is 28.4. The molecule has 0 unspecified atom stereocenters. The molecule has 0 saturated carbocycles. The van der Waals surface area contributed by atoms with Crippen molar-refractivity contribution in [2.45, 2.75) is 26.3 Å². The summed E-state index contributed by atoms with van der Waals surface area (Å²) in [6, 6.07) is 15.6. The number of nitrogens with one attached hydrogen (secondary N) is 1. The Labute approximate surface area is 151 Å². The molecule has 0 aliphatic rings. The monoisotopic (exact) mass is 348 g/mol. The molecule has 0 aliphatic carbocycles. The Morgan fingerprint density at radius 3 is 2.54 bits per heavy atom. The molecule has 5 heteroatoms. The topological polar surface area (TPSA) is 79.3 Å². The molecule has 2 aromatic carbocycles. The van der Waals surface area contributed by atoms with E-state index < -0.39 is 17.9 Å². The number of para-hydroxylation sites is 1. The number of carboxylic acid groups (broad SMARTS) is 1. The Balaban J connectivity index is 1.78. The van der Waals surface area contributed by atoms with E-state index in [1.54, 1.807) is 12.1 Å². The standard InChI is InChI=1S/C21H20N2O3/c1-13-7-8-15(11-14(13)2)12-19(21(25)26)23-20(24)18-10-9-16-5-3-4-6-17(16)22-18/h3-11,19H,12H2,1-2H3,(H,23,24)(H,25,26)/t19-/m0/s1. The van der Waals surface area contributed by atoms with Crippen molar-refractivity contribution in [1.82, 2.24) is 10.3 Å². The second-order valence-electron chi connectivity index (χ2n) is 6.38. The van der Waals surface area contributed by atoms with Crippen molar-refractivity contribution in [1.29, 1.82) is 0 Å². The van der Waals surface area contributed by atoms with Crippen molar-refractivity contribution in [2.24, 2.45) is 0 Å². The Hall–Kier alpha value is -3.21. The molecule has 1 atom stereocenters. The van der Waals surface area contributed by atoms with Crippen LogP contribution in [0.5, 0.6) is 0 Å². The van der Waals surface area contributed by atoms with Gasteiger partial charge in [0.15, 0.2) is 0 Å². The fraction of sp³-hybridized carbons (Fsp3) is 0.190. The maximum atomic E-state index is 12.5. The van der Waals surface area contributed by atoms with Gasteiger partial charge in [-0.1, -0.05) is 42.5 Å². The predicted molar refractivity (Wildman–Crippen MR) is 100 cm³/mol. The Morgan fingerprint density at radius 2 is 1.81 bits per heavy atom. The van der Waals surface area contributed by atoms with Gasteiger partial charge in [-0.25, -0.2) is 9.78 Å². The van der Waals surface area contributed by atoms with Gasteiger partial charge in [-0.05, 0) is 42.7 Å². The van der Waals surface area contributed by atoms with E-state index in [0.717, 1.165) is 22.1 Å². The van der Waals surface area contributed by atoms with Gasteiger partial charge < -0.3 is 10.4 Å². The Kier molecular flexibility index (Phi) is 4.98. The molecule has 0 radical (unpaired) electrons. The second-order valence-corrected chi connectivity index (χ2v) is 6.38. The summed E-state index contributed by atoms with van der Waals surface area (Å²) >= 11 is 0. The number of pyridine rings is 1. The third-order valence-electron chi connectivity index (χ3n) is 4.45. The largest absolute Gasteiger partial charge is 0.480 e. The zero-order valence-electron chi connectivity index (χ0n) is 14.7. The molecule has 0 bridgehead atoms. The quantitative estimate of drug-likeness (QED) is 0.742. The van der Waals surface area contributed by atoms with Crippen LogP contribution >= 0.6 is 0 Å². The lowest BCUT2D eigenvalue weighted by Crippen LogP contribution is -2.42. The summed E-state index contributed by atoms with van der Waals surface area (Å²) in [5.41, 5.74) is 4.00. The van der Waals surface area contributed by atoms with E-state index in [-0.39, 0.29) is 12.1 Å². The molecule has 132 valence electrons. The molecule has 1 amide bonds. The van der Waals surface area contributed by atoms with E-state index in [1.165, 1.54) is 0 Å². The molecule has 1 aromatic heterocycles. The molecular formula is C21H20N2O3. The van der Waals surface area contributed by atoms with Crippen molar-refractivity contribution in [3.63, 3.8) is 0 Å². The van der Waals surface area contributed by atoms with E-state index in [0.29, 0.717) is 5.52 Å². The number of aliphatic carboxylic acids is 1. The average Bonchev–Trinajstić information content (AvgIpc) is 2.63. The Morgan fingerprint density at radius 1 is 1.04 bits per heavy atom. The molecule has 26 heavy (non-hydrogen) atoms. The van der Waals surface area contributed by atoms with E-state index in [9.17, 15) is 14.7 Å².